The van der Waals surface area contributed by atoms with E-state index in [1.807, 2.05) is 12.3 Å². The van der Waals surface area contributed by atoms with E-state index < -0.39 is 0 Å². The van der Waals surface area contributed by atoms with E-state index >= 15 is 0 Å². The summed E-state index contributed by atoms with van der Waals surface area (Å²) in [6, 6.07) is 2.62. The van der Waals surface area contributed by atoms with E-state index in [2.05, 4.69) is 30.7 Å². The summed E-state index contributed by atoms with van der Waals surface area (Å²) < 4.78 is 0.936. The van der Waals surface area contributed by atoms with Crippen molar-refractivity contribution in [1.82, 2.24) is 9.88 Å². The highest BCUT2D eigenvalue weighted by molar-refractivity contribution is 9.10. The molecule has 3 nitrogen and oxygen atoms in total. The number of pyridine rings is 1. The molecular formula is C12H15BrClN3. The number of anilines is 1. The van der Waals surface area contributed by atoms with E-state index in [1.165, 1.54) is 19.4 Å². The molecule has 0 aliphatic carbocycles. The number of halogens is 2. The monoisotopic (exact) mass is 315 g/mol. The number of nitrogens with zero attached hydrogens (tertiary/aromatic N) is 3. The number of rotatable bonds is 1. The van der Waals surface area contributed by atoms with Gasteiger partial charge in [-0.05, 0) is 41.4 Å². The summed E-state index contributed by atoms with van der Waals surface area (Å²) in [5.74, 6) is 0.932. The van der Waals surface area contributed by atoms with Crippen LogP contribution in [0.4, 0.5) is 5.82 Å². The van der Waals surface area contributed by atoms with E-state index in [0.717, 1.165) is 34.9 Å². The van der Waals surface area contributed by atoms with Gasteiger partial charge in [0.15, 0.2) is 0 Å². The molecular weight excluding hydrogens is 302 g/mol. The van der Waals surface area contributed by atoms with Crippen LogP contribution in [-0.4, -0.2) is 42.1 Å². The highest BCUT2D eigenvalue weighted by Gasteiger charge is 2.31. The van der Waals surface area contributed by atoms with E-state index in [0.29, 0.717) is 6.04 Å². The normalized spacial score (nSPS) is 25.1. The van der Waals surface area contributed by atoms with Crippen molar-refractivity contribution in [3.63, 3.8) is 0 Å². The van der Waals surface area contributed by atoms with Crippen molar-refractivity contribution in [3.8, 4) is 0 Å². The number of hydrogen-bond acceptors (Lipinski definition) is 3. The Balaban J connectivity index is 1.80. The van der Waals surface area contributed by atoms with Gasteiger partial charge in [-0.25, -0.2) is 4.98 Å². The molecule has 1 aromatic rings. The molecule has 5 heteroatoms. The fourth-order valence-electron chi connectivity index (χ4n) is 2.82. The van der Waals surface area contributed by atoms with Crippen molar-refractivity contribution in [2.24, 2.45) is 0 Å². The smallest absolute Gasteiger partial charge is 0.147 e. The molecule has 3 rings (SSSR count). The zero-order valence-electron chi connectivity index (χ0n) is 9.57. The summed E-state index contributed by atoms with van der Waals surface area (Å²) in [5.41, 5.74) is 0. The van der Waals surface area contributed by atoms with E-state index in [4.69, 9.17) is 11.6 Å². The Hall–Kier alpha value is -0.320. The van der Waals surface area contributed by atoms with Crippen molar-refractivity contribution in [1.29, 1.82) is 0 Å². The quantitative estimate of drug-likeness (QED) is 0.794. The molecule has 0 saturated carbocycles. The fraction of sp³-hybridized carbons (Fsp3) is 0.583. The molecule has 0 spiro atoms. The van der Waals surface area contributed by atoms with Crippen LogP contribution in [0, 0.1) is 0 Å². The summed E-state index contributed by atoms with van der Waals surface area (Å²) in [6.07, 6.45) is 4.47. The van der Waals surface area contributed by atoms with Crippen LogP contribution in [0.3, 0.4) is 0 Å². The second kappa shape index (κ2) is 4.75. The highest BCUT2D eigenvalue weighted by atomic mass is 79.9. The van der Waals surface area contributed by atoms with E-state index in [9.17, 15) is 0 Å². The van der Waals surface area contributed by atoms with Crippen LogP contribution in [0.1, 0.15) is 12.8 Å². The first-order valence-electron chi connectivity index (χ1n) is 6.04. The van der Waals surface area contributed by atoms with Gasteiger partial charge in [0.2, 0.25) is 0 Å². The Kier molecular flexibility index (Phi) is 3.28. The van der Waals surface area contributed by atoms with Crippen LogP contribution in [0.15, 0.2) is 16.7 Å². The maximum Gasteiger partial charge on any atom is 0.147 e. The fourth-order valence-corrected chi connectivity index (χ4v) is 3.57. The highest BCUT2D eigenvalue weighted by Crippen LogP contribution is 2.30. The molecule has 17 heavy (non-hydrogen) atoms. The molecule has 3 heterocycles. The minimum Gasteiger partial charge on any atom is -0.353 e. The minimum absolute atomic E-state index is 0.699. The van der Waals surface area contributed by atoms with Gasteiger partial charge >= 0.3 is 0 Å². The third kappa shape index (κ3) is 2.30. The first kappa shape index (κ1) is 11.8. The molecule has 0 amide bonds. The molecule has 2 aliphatic heterocycles. The van der Waals surface area contributed by atoms with Gasteiger partial charge in [-0.1, -0.05) is 11.6 Å². The van der Waals surface area contributed by atoms with Crippen LogP contribution in [0.2, 0.25) is 5.02 Å². The molecule has 0 radical (unpaired) electrons. The van der Waals surface area contributed by atoms with Crippen LogP contribution in [0.25, 0.3) is 0 Å². The van der Waals surface area contributed by atoms with Crippen LogP contribution in [-0.2, 0) is 0 Å². The predicted molar refractivity (Wildman–Crippen MR) is 73.8 cm³/mol. The van der Waals surface area contributed by atoms with Crippen molar-refractivity contribution < 1.29 is 0 Å². The Labute approximate surface area is 115 Å². The summed E-state index contributed by atoms with van der Waals surface area (Å²) >= 11 is 9.65. The maximum absolute atomic E-state index is 6.26. The second-order valence-corrected chi connectivity index (χ2v) is 6.06. The SMILES string of the molecule is Clc1cc(Br)cnc1N1CCN2CCCC2C1. The molecule has 1 atom stereocenters. The molecule has 1 aromatic heterocycles. The minimum atomic E-state index is 0.699. The lowest BCUT2D eigenvalue weighted by molar-refractivity contribution is 0.230. The largest absolute Gasteiger partial charge is 0.353 e. The lowest BCUT2D eigenvalue weighted by Crippen LogP contribution is -2.50. The molecule has 2 saturated heterocycles. The lowest BCUT2D eigenvalue weighted by atomic mass is 10.1. The molecule has 2 aliphatic rings. The van der Waals surface area contributed by atoms with Crippen molar-refractivity contribution in [2.75, 3.05) is 31.1 Å². The van der Waals surface area contributed by atoms with Crippen LogP contribution < -0.4 is 4.90 Å². The molecule has 92 valence electrons. The first-order chi connectivity index (χ1) is 8.24. The van der Waals surface area contributed by atoms with Crippen molar-refractivity contribution in [3.05, 3.63) is 21.8 Å². The average molecular weight is 317 g/mol. The second-order valence-electron chi connectivity index (χ2n) is 4.74. The van der Waals surface area contributed by atoms with Gasteiger partial charge in [0.25, 0.3) is 0 Å². The van der Waals surface area contributed by atoms with E-state index in [1.54, 1.807) is 0 Å². The van der Waals surface area contributed by atoms with Crippen molar-refractivity contribution >= 4 is 33.3 Å². The third-order valence-corrected chi connectivity index (χ3v) is 4.39. The summed E-state index contributed by atoms with van der Waals surface area (Å²) in [5, 5.41) is 0.742. The number of aromatic nitrogens is 1. The topological polar surface area (TPSA) is 19.4 Å². The lowest BCUT2D eigenvalue weighted by Gasteiger charge is -2.38. The van der Waals surface area contributed by atoms with Gasteiger partial charge in [0, 0.05) is 36.3 Å². The summed E-state index contributed by atoms with van der Waals surface area (Å²) in [6.45, 7) is 4.50. The summed E-state index contributed by atoms with van der Waals surface area (Å²) in [7, 11) is 0. The predicted octanol–water partition coefficient (Wildman–Crippen LogP) is 2.78. The van der Waals surface area contributed by atoms with Gasteiger partial charge in [-0.3, -0.25) is 4.90 Å². The Morgan fingerprint density at radius 2 is 2.24 bits per heavy atom. The zero-order valence-corrected chi connectivity index (χ0v) is 11.9. The number of hydrogen-bond donors (Lipinski definition) is 0. The maximum atomic E-state index is 6.26. The average Bonchev–Trinajstić information content (AvgIpc) is 2.75. The first-order valence-corrected chi connectivity index (χ1v) is 7.21. The van der Waals surface area contributed by atoms with Gasteiger partial charge < -0.3 is 4.90 Å². The molecule has 0 bridgehead atoms. The van der Waals surface area contributed by atoms with Gasteiger partial charge in [-0.15, -0.1) is 0 Å². The Bertz CT molecular complexity index is 426. The molecule has 2 fully saturated rings. The van der Waals surface area contributed by atoms with Crippen LogP contribution >= 0.6 is 27.5 Å². The Morgan fingerprint density at radius 3 is 3.06 bits per heavy atom. The number of fused-ring (bicyclic) bond motifs is 1. The molecule has 0 N–H and O–H groups in total. The number of piperazine rings is 1. The third-order valence-electron chi connectivity index (χ3n) is 3.68. The Morgan fingerprint density at radius 1 is 1.35 bits per heavy atom. The standard InChI is InChI=1S/C12H15BrClN3/c13-9-6-11(14)12(15-7-9)17-5-4-16-3-1-2-10(16)8-17/h6-7,10H,1-5,8H2. The zero-order chi connectivity index (χ0) is 11.8. The molecule has 0 aromatic carbocycles. The van der Waals surface area contributed by atoms with Gasteiger partial charge in [0.05, 0.1) is 5.02 Å². The van der Waals surface area contributed by atoms with Gasteiger partial charge in [-0.2, -0.15) is 0 Å². The van der Waals surface area contributed by atoms with Crippen LogP contribution in [0.5, 0.6) is 0 Å². The van der Waals surface area contributed by atoms with Crippen molar-refractivity contribution in [2.45, 2.75) is 18.9 Å². The van der Waals surface area contributed by atoms with Gasteiger partial charge in [0.1, 0.15) is 5.82 Å². The molecule has 1 unspecified atom stereocenters. The summed E-state index contributed by atoms with van der Waals surface area (Å²) in [4.78, 5) is 9.35. The van der Waals surface area contributed by atoms with E-state index in [-0.39, 0.29) is 0 Å².